The van der Waals surface area contributed by atoms with Crippen LogP contribution >= 0.6 is 11.8 Å². The quantitative estimate of drug-likeness (QED) is 0.787. The van der Waals surface area contributed by atoms with E-state index in [2.05, 4.69) is 5.32 Å². The second-order valence-corrected chi connectivity index (χ2v) is 5.82. The number of carbonyl (C=O) groups is 2. The van der Waals surface area contributed by atoms with Crippen molar-refractivity contribution in [3.8, 4) is 5.75 Å². The molecular formula is C14H16F3NO4S. The summed E-state index contributed by atoms with van der Waals surface area (Å²) in [5.41, 5.74) is 0.0376. The number of carboxylic acid groups (broad SMARTS) is 1. The highest BCUT2D eigenvalue weighted by Crippen LogP contribution is 2.27. The Morgan fingerprint density at radius 2 is 2.00 bits per heavy atom. The number of aromatic carboxylic acids is 1. The first-order valence-corrected chi connectivity index (χ1v) is 7.72. The first-order valence-electron chi connectivity index (χ1n) is 6.57. The Bertz CT molecular complexity index is 576. The number of carbonyl (C=O) groups excluding carboxylic acids is 1. The van der Waals surface area contributed by atoms with Gasteiger partial charge in [-0.3, -0.25) is 4.79 Å². The van der Waals surface area contributed by atoms with Gasteiger partial charge in [-0.25, -0.2) is 4.79 Å². The molecule has 1 aromatic carbocycles. The van der Waals surface area contributed by atoms with E-state index < -0.39 is 29.6 Å². The molecule has 0 heterocycles. The first kappa shape index (κ1) is 19.1. The van der Waals surface area contributed by atoms with Gasteiger partial charge in [0, 0.05) is 0 Å². The minimum Gasteiger partial charge on any atom is -0.489 e. The number of rotatable bonds is 7. The summed E-state index contributed by atoms with van der Waals surface area (Å²) < 4.78 is 41.6. The van der Waals surface area contributed by atoms with Crippen LogP contribution in [0.3, 0.4) is 0 Å². The van der Waals surface area contributed by atoms with E-state index >= 15 is 0 Å². The molecule has 1 rings (SSSR count). The SMILES string of the molecule is CC(C)Oc1ccc(C(=O)O)cc1NC(=O)CSCC(F)(F)F. The van der Waals surface area contributed by atoms with Crippen molar-refractivity contribution < 1.29 is 32.6 Å². The average Bonchev–Trinajstić information content (AvgIpc) is 2.38. The Balaban J connectivity index is 2.80. The molecule has 9 heteroatoms. The zero-order chi connectivity index (χ0) is 17.6. The van der Waals surface area contributed by atoms with E-state index in [1.54, 1.807) is 13.8 Å². The molecule has 0 aliphatic heterocycles. The van der Waals surface area contributed by atoms with Crippen molar-refractivity contribution in [2.45, 2.75) is 26.1 Å². The van der Waals surface area contributed by atoms with Gasteiger partial charge in [-0.1, -0.05) is 0 Å². The Kier molecular flexibility index (Phi) is 6.74. The molecule has 0 bridgehead atoms. The Morgan fingerprint density at radius 3 is 2.52 bits per heavy atom. The third kappa shape index (κ3) is 7.27. The Morgan fingerprint density at radius 1 is 1.35 bits per heavy atom. The molecule has 0 spiro atoms. The van der Waals surface area contributed by atoms with Crippen LogP contribution in [0.1, 0.15) is 24.2 Å². The van der Waals surface area contributed by atoms with E-state index in [1.807, 2.05) is 0 Å². The van der Waals surface area contributed by atoms with E-state index in [0.717, 1.165) is 0 Å². The van der Waals surface area contributed by atoms with Crippen LogP contribution in [0.25, 0.3) is 0 Å². The maximum Gasteiger partial charge on any atom is 0.397 e. The van der Waals surface area contributed by atoms with Crippen LogP contribution in [-0.2, 0) is 4.79 Å². The lowest BCUT2D eigenvalue weighted by atomic mass is 10.2. The summed E-state index contributed by atoms with van der Waals surface area (Å²) in [5, 5.41) is 11.3. The largest absolute Gasteiger partial charge is 0.489 e. The number of nitrogens with one attached hydrogen (secondary N) is 1. The molecule has 23 heavy (non-hydrogen) atoms. The maximum atomic E-state index is 12.0. The summed E-state index contributed by atoms with van der Waals surface area (Å²) in [7, 11) is 0. The average molecular weight is 351 g/mol. The summed E-state index contributed by atoms with van der Waals surface area (Å²) in [6.45, 7) is 3.49. The van der Waals surface area contributed by atoms with E-state index in [-0.39, 0.29) is 23.1 Å². The number of ether oxygens (including phenoxy) is 1. The molecule has 1 aromatic rings. The third-order valence-electron chi connectivity index (χ3n) is 2.36. The number of thioether (sulfide) groups is 1. The van der Waals surface area contributed by atoms with Gasteiger partial charge in [-0.05, 0) is 32.0 Å². The smallest absolute Gasteiger partial charge is 0.397 e. The molecule has 0 aliphatic carbocycles. The van der Waals surface area contributed by atoms with Gasteiger partial charge in [0.25, 0.3) is 0 Å². The minimum atomic E-state index is -4.35. The van der Waals surface area contributed by atoms with Gasteiger partial charge in [-0.15, -0.1) is 11.8 Å². The summed E-state index contributed by atoms with van der Waals surface area (Å²) in [6.07, 6.45) is -4.57. The molecule has 0 saturated carbocycles. The van der Waals surface area contributed by atoms with Gasteiger partial charge >= 0.3 is 12.1 Å². The van der Waals surface area contributed by atoms with E-state index in [1.165, 1.54) is 18.2 Å². The van der Waals surface area contributed by atoms with Crippen molar-refractivity contribution in [1.29, 1.82) is 0 Å². The summed E-state index contributed by atoms with van der Waals surface area (Å²) in [4.78, 5) is 22.7. The summed E-state index contributed by atoms with van der Waals surface area (Å²) in [5.74, 6) is -3.15. The molecule has 0 aromatic heterocycles. The normalized spacial score (nSPS) is 11.4. The molecule has 128 valence electrons. The molecule has 0 radical (unpaired) electrons. The molecule has 0 unspecified atom stereocenters. The van der Waals surface area contributed by atoms with Crippen molar-refractivity contribution in [3.05, 3.63) is 23.8 Å². The van der Waals surface area contributed by atoms with Crippen molar-refractivity contribution >= 4 is 29.3 Å². The van der Waals surface area contributed by atoms with Crippen LogP contribution in [0.4, 0.5) is 18.9 Å². The minimum absolute atomic E-state index is 0.0700. The van der Waals surface area contributed by atoms with E-state index in [0.29, 0.717) is 11.8 Å². The fraction of sp³-hybridized carbons (Fsp3) is 0.429. The number of alkyl halides is 3. The van der Waals surface area contributed by atoms with Gasteiger partial charge < -0.3 is 15.2 Å². The monoisotopic (exact) mass is 351 g/mol. The van der Waals surface area contributed by atoms with Crippen LogP contribution in [0, 0.1) is 0 Å². The van der Waals surface area contributed by atoms with Gasteiger partial charge in [0.15, 0.2) is 0 Å². The number of carboxylic acids is 1. The second kappa shape index (κ2) is 8.09. The van der Waals surface area contributed by atoms with Crippen molar-refractivity contribution in [3.63, 3.8) is 0 Å². The summed E-state index contributed by atoms with van der Waals surface area (Å²) in [6, 6.07) is 3.91. The number of hydrogen-bond donors (Lipinski definition) is 2. The highest BCUT2D eigenvalue weighted by Gasteiger charge is 2.27. The van der Waals surface area contributed by atoms with Crippen LogP contribution in [-0.4, -0.2) is 40.8 Å². The Hall–Kier alpha value is -1.90. The molecule has 2 N–H and O–H groups in total. The molecular weight excluding hydrogens is 335 g/mol. The molecule has 0 saturated heterocycles. The van der Waals surface area contributed by atoms with Crippen molar-refractivity contribution in [2.75, 3.05) is 16.8 Å². The molecule has 0 atom stereocenters. The number of anilines is 1. The highest BCUT2D eigenvalue weighted by atomic mass is 32.2. The van der Waals surface area contributed by atoms with Crippen LogP contribution < -0.4 is 10.1 Å². The van der Waals surface area contributed by atoms with Crippen molar-refractivity contribution in [1.82, 2.24) is 0 Å². The van der Waals surface area contributed by atoms with Crippen LogP contribution in [0.15, 0.2) is 18.2 Å². The lowest BCUT2D eigenvalue weighted by Crippen LogP contribution is -2.19. The topological polar surface area (TPSA) is 75.6 Å². The maximum absolute atomic E-state index is 12.0. The number of halogens is 3. The predicted molar refractivity (Wildman–Crippen MR) is 81.2 cm³/mol. The number of amides is 1. The lowest BCUT2D eigenvalue weighted by molar-refractivity contribution is -0.113. The lowest BCUT2D eigenvalue weighted by Gasteiger charge is -2.15. The fourth-order valence-electron chi connectivity index (χ4n) is 1.56. The predicted octanol–water partition coefficient (Wildman–Crippen LogP) is 3.41. The third-order valence-corrected chi connectivity index (χ3v) is 3.36. The van der Waals surface area contributed by atoms with E-state index in [4.69, 9.17) is 9.84 Å². The van der Waals surface area contributed by atoms with Gasteiger partial charge in [0.1, 0.15) is 5.75 Å². The molecule has 5 nitrogen and oxygen atoms in total. The molecule has 0 fully saturated rings. The van der Waals surface area contributed by atoms with Crippen molar-refractivity contribution in [2.24, 2.45) is 0 Å². The van der Waals surface area contributed by atoms with Crippen LogP contribution in [0.2, 0.25) is 0 Å². The molecule has 0 aliphatic rings. The Labute approximate surface area is 135 Å². The van der Waals surface area contributed by atoms with Gasteiger partial charge in [0.05, 0.1) is 28.9 Å². The summed E-state index contributed by atoms with van der Waals surface area (Å²) >= 11 is 0.424. The van der Waals surface area contributed by atoms with Crippen LogP contribution in [0.5, 0.6) is 5.75 Å². The van der Waals surface area contributed by atoms with Gasteiger partial charge in [-0.2, -0.15) is 13.2 Å². The number of hydrogen-bond acceptors (Lipinski definition) is 4. The zero-order valence-corrected chi connectivity index (χ0v) is 13.3. The molecule has 1 amide bonds. The van der Waals surface area contributed by atoms with Gasteiger partial charge in [0.2, 0.25) is 5.91 Å². The fourth-order valence-corrected chi connectivity index (χ4v) is 2.15. The number of benzene rings is 1. The highest BCUT2D eigenvalue weighted by molar-refractivity contribution is 8.00. The standard InChI is InChI=1S/C14H16F3NO4S/c1-8(2)22-11-4-3-9(13(20)21)5-10(11)18-12(19)6-23-7-14(15,16)17/h3-5,8H,6-7H2,1-2H3,(H,18,19)(H,20,21). The zero-order valence-electron chi connectivity index (χ0n) is 12.4. The second-order valence-electron chi connectivity index (χ2n) is 4.84. The van der Waals surface area contributed by atoms with E-state index in [9.17, 15) is 22.8 Å². The first-order chi connectivity index (χ1) is 10.6.